The fourth-order valence-corrected chi connectivity index (χ4v) is 5.65. The molecule has 0 aliphatic carbocycles. The van der Waals surface area contributed by atoms with Gasteiger partial charge in [-0.2, -0.15) is 4.31 Å². The van der Waals surface area contributed by atoms with Crippen LogP contribution in [-0.4, -0.2) is 51.2 Å². The molecule has 4 aromatic rings. The highest BCUT2D eigenvalue weighted by Gasteiger charge is 2.23. The monoisotopic (exact) mass is 496 g/mol. The standard InChI is InChI=1S/C24H28N6O4S/c1-4-29(5-2)35(33,34)17-8-10-21-20(14-17)28-22(30(21)6-3)11-12-23(31)27-16-7-9-19-18(13-16)24(32)26-15-25-19/h7-10,13-15H,4-6,11-12H2,1-3H3,(H,27,31)(H,25,26,32). The van der Waals surface area contributed by atoms with Crippen LogP contribution in [0.5, 0.6) is 0 Å². The first-order chi connectivity index (χ1) is 16.8. The third-order valence-electron chi connectivity index (χ3n) is 5.96. The number of aromatic amines is 1. The largest absolute Gasteiger partial charge is 0.328 e. The molecule has 0 spiro atoms. The predicted molar refractivity (Wildman–Crippen MR) is 135 cm³/mol. The smallest absolute Gasteiger partial charge is 0.258 e. The van der Waals surface area contributed by atoms with Gasteiger partial charge in [0.1, 0.15) is 5.82 Å². The Bertz CT molecular complexity index is 1550. The van der Waals surface area contributed by atoms with Crippen molar-refractivity contribution in [2.75, 3.05) is 18.4 Å². The minimum atomic E-state index is -3.59. The summed E-state index contributed by atoms with van der Waals surface area (Å²) in [5.74, 6) is 0.485. The molecule has 4 rings (SSSR count). The maximum atomic E-state index is 12.9. The van der Waals surface area contributed by atoms with Gasteiger partial charge in [-0.25, -0.2) is 18.4 Å². The summed E-state index contributed by atoms with van der Waals surface area (Å²) in [6, 6.07) is 9.95. The molecule has 10 nitrogen and oxygen atoms in total. The predicted octanol–water partition coefficient (Wildman–Crippen LogP) is 2.89. The van der Waals surface area contributed by atoms with Crippen molar-refractivity contribution in [1.82, 2.24) is 23.8 Å². The number of nitrogens with one attached hydrogen (secondary N) is 2. The number of hydrogen-bond acceptors (Lipinski definition) is 6. The lowest BCUT2D eigenvalue weighted by Gasteiger charge is -2.18. The van der Waals surface area contributed by atoms with E-state index in [4.69, 9.17) is 0 Å². The van der Waals surface area contributed by atoms with Crippen molar-refractivity contribution < 1.29 is 13.2 Å². The Morgan fingerprint density at radius 1 is 1.09 bits per heavy atom. The molecule has 0 radical (unpaired) electrons. The summed E-state index contributed by atoms with van der Waals surface area (Å²) < 4.78 is 29.2. The van der Waals surface area contributed by atoms with Crippen molar-refractivity contribution in [2.45, 2.75) is 45.1 Å². The summed E-state index contributed by atoms with van der Waals surface area (Å²) in [5.41, 5.74) is 2.19. The van der Waals surface area contributed by atoms with E-state index in [1.54, 1.807) is 50.2 Å². The summed E-state index contributed by atoms with van der Waals surface area (Å²) in [6.45, 7) is 7.01. The molecule has 2 N–H and O–H groups in total. The van der Waals surface area contributed by atoms with Crippen molar-refractivity contribution in [1.29, 1.82) is 0 Å². The van der Waals surface area contributed by atoms with E-state index >= 15 is 0 Å². The fourth-order valence-electron chi connectivity index (χ4n) is 4.17. The number of carbonyl (C=O) groups is 1. The molecule has 0 aliphatic rings. The average molecular weight is 497 g/mol. The van der Waals surface area contributed by atoms with Gasteiger partial charge in [-0.15, -0.1) is 0 Å². The van der Waals surface area contributed by atoms with E-state index < -0.39 is 10.0 Å². The van der Waals surface area contributed by atoms with Crippen LogP contribution < -0.4 is 10.9 Å². The van der Waals surface area contributed by atoms with Gasteiger partial charge in [0, 0.05) is 38.2 Å². The molecule has 0 saturated heterocycles. The molecular weight excluding hydrogens is 468 g/mol. The molecule has 2 aromatic heterocycles. The zero-order chi connectivity index (χ0) is 25.2. The number of sulfonamides is 1. The molecule has 0 fully saturated rings. The van der Waals surface area contributed by atoms with E-state index in [0.717, 1.165) is 5.52 Å². The van der Waals surface area contributed by atoms with Crippen molar-refractivity contribution in [3.05, 3.63) is 58.9 Å². The SMILES string of the molecule is CCN(CC)S(=O)(=O)c1ccc2c(c1)nc(CCC(=O)Nc1ccc3nc[nH]c(=O)c3c1)n2CC. The highest BCUT2D eigenvalue weighted by molar-refractivity contribution is 7.89. The van der Waals surface area contributed by atoms with E-state index in [0.29, 0.717) is 54.0 Å². The van der Waals surface area contributed by atoms with E-state index in [9.17, 15) is 18.0 Å². The minimum Gasteiger partial charge on any atom is -0.328 e. The fraction of sp³-hybridized carbons (Fsp3) is 0.333. The van der Waals surface area contributed by atoms with Crippen molar-refractivity contribution >= 4 is 43.6 Å². The van der Waals surface area contributed by atoms with Gasteiger partial charge >= 0.3 is 0 Å². The van der Waals surface area contributed by atoms with Gasteiger partial charge in [0.15, 0.2) is 0 Å². The summed E-state index contributed by atoms with van der Waals surface area (Å²) in [7, 11) is -3.59. The molecule has 11 heteroatoms. The van der Waals surface area contributed by atoms with E-state index in [1.807, 2.05) is 11.5 Å². The Balaban J connectivity index is 1.53. The zero-order valence-corrected chi connectivity index (χ0v) is 20.7. The van der Waals surface area contributed by atoms with E-state index in [2.05, 4.69) is 20.3 Å². The Hall–Kier alpha value is -3.57. The van der Waals surface area contributed by atoms with Crippen LogP contribution in [-0.2, 0) is 27.8 Å². The van der Waals surface area contributed by atoms with Crippen LogP contribution in [0.4, 0.5) is 5.69 Å². The summed E-state index contributed by atoms with van der Waals surface area (Å²) in [4.78, 5) is 36.1. The van der Waals surface area contributed by atoms with E-state index in [-0.39, 0.29) is 22.8 Å². The number of amides is 1. The second-order valence-corrected chi connectivity index (χ2v) is 9.96. The van der Waals surface area contributed by atoms with Crippen LogP contribution in [0, 0.1) is 0 Å². The molecule has 0 aliphatic heterocycles. The zero-order valence-electron chi connectivity index (χ0n) is 19.9. The van der Waals surface area contributed by atoms with Gasteiger partial charge in [0.2, 0.25) is 15.9 Å². The first kappa shape index (κ1) is 24.6. The molecule has 0 atom stereocenters. The summed E-state index contributed by atoms with van der Waals surface area (Å²) in [6.07, 6.45) is 1.89. The molecule has 0 saturated carbocycles. The first-order valence-corrected chi connectivity index (χ1v) is 13.0. The topological polar surface area (TPSA) is 130 Å². The number of aromatic nitrogens is 4. The molecule has 35 heavy (non-hydrogen) atoms. The number of rotatable bonds is 9. The number of nitrogens with zero attached hydrogens (tertiary/aromatic N) is 4. The second-order valence-electron chi connectivity index (χ2n) is 8.02. The first-order valence-electron chi connectivity index (χ1n) is 11.5. The number of benzene rings is 2. The summed E-state index contributed by atoms with van der Waals surface area (Å²) >= 11 is 0. The number of fused-ring (bicyclic) bond motifs is 2. The normalized spacial score (nSPS) is 12.0. The third kappa shape index (κ3) is 4.82. The second kappa shape index (κ2) is 9.96. The van der Waals surface area contributed by atoms with Crippen LogP contribution >= 0.6 is 0 Å². The quantitative estimate of drug-likeness (QED) is 0.366. The summed E-state index contributed by atoms with van der Waals surface area (Å²) in [5, 5.41) is 3.21. The molecule has 0 unspecified atom stereocenters. The van der Waals surface area contributed by atoms with Crippen LogP contribution in [0.3, 0.4) is 0 Å². The third-order valence-corrected chi connectivity index (χ3v) is 8.00. The van der Waals surface area contributed by atoms with Gasteiger partial charge in [-0.05, 0) is 43.3 Å². The maximum absolute atomic E-state index is 12.9. The Labute approximate surface area is 203 Å². The number of H-pyrrole nitrogens is 1. The minimum absolute atomic E-state index is 0.176. The van der Waals surface area contributed by atoms with Gasteiger partial charge in [0.05, 0.1) is 33.2 Å². The van der Waals surface area contributed by atoms with Crippen LogP contribution in [0.2, 0.25) is 0 Å². The lowest BCUT2D eigenvalue weighted by Crippen LogP contribution is -2.30. The molecule has 2 heterocycles. The Morgan fingerprint density at radius 2 is 1.86 bits per heavy atom. The van der Waals surface area contributed by atoms with Crippen molar-refractivity contribution in [3.8, 4) is 0 Å². The maximum Gasteiger partial charge on any atom is 0.258 e. The molecule has 0 bridgehead atoms. The van der Waals surface area contributed by atoms with Crippen molar-refractivity contribution in [3.63, 3.8) is 0 Å². The number of imidazole rings is 1. The van der Waals surface area contributed by atoms with Gasteiger partial charge in [-0.3, -0.25) is 9.59 Å². The number of carbonyl (C=O) groups excluding carboxylic acids is 1. The number of aryl methyl sites for hydroxylation is 2. The highest BCUT2D eigenvalue weighted by Crippen LogP contribution is 2.24. The van der Waals surface area contributed by atoms with E-state index in [1.165, 1.54) is 10.6 Å². The lowest BCUT2D eigenvalue weighted by molar-refractivity contribution is -0.116. The highest BCUT2D eigenvalue weighted by atomic mass is 32.2. The van der Waals surface area contributed by atoms with Gasteiger partial charge < -0.3 is 14.9 Å². The molecule has 2 aromatic carbocycles. The van der Waals surface area contributed by atoms with Crippen molar-refractivity contribution in [2.24, 2.45) is 0 Å². The molecule has 184 valence electrons. The average Bonchev–Trinajstić information content (AvgIpc) is 3.20. The van der Waals surface area contributed by atoms with Crippen LogP contribution in [0.15, 0.2) is 52.4 Å². The van der Waals surface area contributed by atoms with Gasteiger partial charge in [0.25, 0.3) is 5.56 Å². The lowest BCUT2D eigenvalue weighted by atomic mass is 10.2. The Kier molecular flexibility index (Phi) is 6.99. The molecule has 1 amide bonds. The van der Waals surface area contributed by atoms with Crippen LogP contribution in [0.25, 0.3) is 21.9 Å². The Morgan fingerprint density at radius 3 is 2.57 bits per heavy atom. The number of hydrogen-bond donors (Lipinski definition) is 2. The molecular formula is C24H28N6O4S. The van der Waals surface area contributed by atoms with Gasteiger partial charge in [-0.1, -0.05) is 13.8 Å². The number of anilines is 1. The van der Waals surface area contributed by atoms with Crippen LogP contribution in [0.1, 0.15) is 33.0 Å².